The Labute approximate surface area is 159 Å². The fourth-order valence-electron chi connectivity index (χ4n) is 3.06. The monoisotopic (exact) mass is 417 g/mol. The van der Waals surface area contributed by atoms with Crippen molar-refractivity contribution in [2.24, 2.45) is 0 Å². The highest BCUT2D eigenvalue weighted by Crippen LogP contribution is 2.40. The summed E-state index contributed by atoms with van der Waals surface area (Å²) >= 11 is 3.36. The van der Waals surface area contributed by atoms with Crippen molar-refractivity contribution in [3.8, 4) is 0 Å². The van der Waals surface area contributed by atoms with Crippen molar-refractivity contribution < 1.29 is 19.1 Å². The molecule has 134 valence electrons. The molecule has 1 heterocycles. The molecule has 3 rings (SSSR count). The highest BCUT2D eigenvalue weighted by Gasteiger charge is 2.30. The van der Waals surface area contributed by atoms with E-state index < -0.39 is 5.97 Å². The van der Waals surface area contributed by atoms with Crippen LogP contribution in [0.2, 0.25) is 0 Å². The lowest BCUT2D eigenvalue weighted by atomic mass is 10.0. The zero-order chi connectivity index (χ0) is 19.0. The molecule has 6 heteroatoms. The molecular formula is C20H17BrFNO3. The molecule has 0 fully saturated rings. The number of anilines is 1. The maximum Gasteiger partial charge on any atom is 0.333 e. The fourth-order valence-corrected chi connectivity index (χ4v) is 3.69. The van der Waals surface area contributed by atoms with Gasteiger partial charge in [-0.3, -0.25) is 4.79 Å². The second-order valence-corrected chi connectivity index (χ2v) is 7.10. The number of carbonyl (C=O) groups excluding carboxylic acids is 1. The molecule has 0 saturated carbocycles. The van der Waals surface area contributed by atoms with E-state index in [9.17, 15) is 19.1 Å². The van der Waals surface area contributed by atoms with Gasteiger partial charge in [0.1, 0.15) is 5.82 Å². The van der Waals surface area contributed by atoms with Gasteiger partial charge in [0, 0.05) is 10.0 Å². The average molecular weight is 418 g/mol. The molecule has 2 aromatic carbocycles. The molecule has 0 radical (unpaired) electrons. The zero-order valence-corrected chi connectivity index (χ0v) is 15.9. The third kappa shape index (κ3) is 3.29. The van der Waals surface area contributed by atoms with Crippen molar-refractivity contribution in [2.75, 3.05) is 4.90 Å². The molecule has 0 atom stereocenters. The lowest BCUT2D eigenvalue weighted by Crippen LogP contribution is -2.31. The van der Waals surface area contributed by atoms with E-state index in [0.29, 0.717) is 26.9 Å². The number of carbonyl (C=O) groups is 2. The van der Waals surface area contributed by atoms with Crippen molar-refractivity contribution in [1.29, 1.82) is 0 Å². The summed E-state index contributed by atoms with van der Waals surface area (Å²) in [5.74, 6) is -1.81. The third-order valence-corrected chi connectivity index (χ3v) is 5.38. The molecule has 1 aliphatic rings. The van der Waals surface area contributed by atoms with Crippen LogP contribution in [0.1, 0.15) is 28.7 Å². The predicted molar refractivity (Wildman–Crippen MR) is 102 cm³/mol. The fraction of sp³-hybridized carbons (Fsp3) is 0.200. The molecule has 0 aliphatic carbocycles. The molecule has 1 amide bonds. The lowest BCUT2D eigenvalue weighted by Gasteiger charge is -2.25. The van der Waals surface area contributed by atoms with Gasteiger partial charge in [-0.1, -0.05) is 30.3 Å². The molecule has 0 spiro atoms. The first kappa shape index (κ1) is 18.3. The van der Waals surface area contributed by atoms with Crippen molar-refractivity contribution in [1.82, 2.24) is 0 Å². The van der Waals surface area contributed by atoms with E-state index in [-0.39, 0.29) is 30.3 Å². The number of halogens is 2. The number of hydrogen-bond acceptors (Lipinski definition) is 2. The molecule has 0 unspecified atom stereocenters. The number of aryl methyl sites for hydroxylation is 2. The normalized spacial score (nSPS) is 14.3. The Bertz CT molecular complexity index is 952. The Morgan fingerprint density at radius 1 is 1.23 bits per heavy atom. The molecular weight excluding hydrogens is 401 g/mol. The second-order valence-electron chi connectivity index (χ2n) is 6.31. The molecule has 1 aliphatic heterocycles. The number of rotatable bonds is 3. The standard InChI is InChI=1S/C20H17BrFNO3/c1-11-6-7-13(8-16(11)22)10-23-17(24)9-15(20(25)26)18(21)14-5-3-4-12(2)19(14)23/h3-8H,9-10H2,1-2H3,(H,25,26). The molecule has 4 nitrogen and oxygen atoms in total. The Morgan fingerprint density at radius 3 is 2.62 bits per heavy atom. The van der Waals surface area contributed by atoms with E-state index in [1.54, 1.807) is 25.1 Å². The van der Waals surface area contributed by atoms with Crippen LogP contribution in [0.25, 0.3) is 4.48 Å². The van der Waals surface area contributed by atoms with Crippen LogP contribution in [0.15, 0.2) is 42.0 Å². The first-order valence-electron chi connectivity index (χ1n) is 8.07. The number of carboxylic acid groups (broad SMARTS) is 1. The van der Waals surface area contributed by atoms with Crippen LogP contribution in [0.3, 0.4) is 0 Å². The number of aliphatic carboxylic acids is 1. The highest BCUT2D eigenvalue weighted by molar-refractivity contribution is 9.15. The molecule has 26 heavy (non-hydrogen) atoms. The topological polar surface area (TPSA) is 57.6 Å². The smallest absolute Gasteiger partial charge is 0.333 e. The summed E-state index contributed by atoms with van der Waals surface area (Å²) in [5, 5.41) is 9.48. The molecule has 0 bridgehead atoms. The summed E-state index contributed by atoms with van der Waals surface area (Å²) in [6.07, 6.45) is -0.238. The Hall–Kier alpha value is -2.47. The molecule has 2 aromatic rings. The first-order valence-corrected chi connectivity index (χ1v) is 8.86. The van der Waals surface area contributed by atoms with E-state index >= 15 is 0 Å². The minimum absolute atomic E-state index is 0.0134. The van der Waals surface area contributed by atoms with Crippen LogP contribution in [-0.4, -0.2) is 17.0 Å². The minimum Gasteiger partial charge on any atom is -0.478 e. The number of para-hydroxylation sites is 1. The number of amides is 1. The van der Waals surface area contributed by atoms with Gasteiger partial charge in [0.25, 0.3) is 0 Å². The average Bonchev–Trinajstić information content (AvgIpc) is 2.69. The van der Waals surface area contributed by atoms with E-state index in [1.165, 1.54) is 11.0 Å². The van der Waals surface area contributed by atoms with E-state index in [4.69, 9.17) is 0 Å². The minimum atomic E-state index is -1.14. The zero-order valence-electron chi connectivity index (χ0n) is 14.3. The number of hydrogen-bond donors (Lipinski definition) is 1. The molecule has 1 N–H and O–H groups in total. The summed E-state index contributed by atoms with van der Waals surface area (Å²) in [7, 11) is 0. The predicted octanol–water partition coefficient (Wildman–Crippen LogP) is 4.57. The van der Waals surface area contributed by atoms with E-state index in [2.05, 4.69) is 15.9 Å². The SMILES string of the molecule is Cc1ccc(CN2C(=O)CC(C(=O)O)=C(Br)c3cccc(C)c32)cc1F. The number of benzene rings is 2. The Morgan fingerprint density at radius 2 is 1.96 bits per heavy atom. The van der Waals surface area contributed by atoms with Gasteiger partial charge in [-0.25, -0.2) is 9.18 Å². The maximum absolute atomic E-state index is 13.9. The molecule has 0 aromatic heterocycles. The van der Waals surface area contributed by atoms with Crippen LogP contribution < -0.4 is 4.90 Å². The third-order valence-electron chi connectivity index (χ3n) is 4.47. The van der Waals surface area contributed by atoms with Gasteiger partial charge in [0.2, 0.25) is 5.91 Å². The lowest BCUT2D eigenvalue weighted by molar-refractivity contribution is -0.133. The van der Waals surface area contributed by atoms with E-state index in [1.807, 2.05) is 19.1 Å². The van der Waals surface area contributed by atoms with Gasteiger partial charge in [-0.15, -0.1) is 0 Å². The second kappa shape index (κ2) is 7.03. The maximum atomic E-state index is 13.9. The van der Waals surface area contributed by atoms with Gasteiger partial charge in [-0.05, 0) is 52.5 Å². The van der Waals surface area contributed by atoms with Crippen LogP contribution in [0, 0.1) is 19.7 Å². The summed E-state index contributed by atoms with van der Waals surface area (Å²) in [4.78, 5) is 26.0. The van der Waals surface area contributed by atoms with Crippen LogP contribution in [0.5, 0.6) is 0 Å². The van der Waals surface area contributed by atoms with Crippen LogP contribution in [0.4, 0.5) is 10.1 Å². The van der Waals surface area contributed by atoms with Gasteiger partial charge < -0.3 is 10.0 Å². The van der Waals surface area contributed by atoms with Crippen molar-refractivity contribution >= 4 is 38.0 Å². The van der Waals surface area contributed by atoms with Crippen LogP contribution >= 0.6 is 15.9 Å². The van der Waals surface area contributed by atoms with Crippen molar-refractivity contribution in [3.05, 3.63) is 70.0 Å². The molecule has 0 saturated heterocycles. The van der Waals surface area contributed by atoms with Gasteiger partial charge in [0.05, 0.1) is 24.2 Å². The largest absolute Gasteiger partial charge is 0.478 e. The quantitative estimate of drug-likeness (QED) is 0.795. The van der Waals surface area contributed by atoms with Gasteiger partial charge >= 0.3 is 5.97 Å². The van der Waals surface area contributed by atoms with Crippen molar-refractivity contribution in [3.63, 3.8) is 0 Å². The first-order chi connectivity index (χ1) is 12.3. The number of carboxylic acids is 1. The van der Waals surface area contributed by atoms with Crippen LogP contribution in [-0.2, 0) is 16.1 Å². The summed E-state index contributed by atoms with van der Waals surface area (Å²) in [6.45, 7) is 3.71. The van der Waals surface area contributed by atoms with Gasteiger partial charge in [-0.2, -0.15) is 0 Å². The van der Waals surface area contributed by atoms with E-state index in [0.717, 1.165) is 5.56 Å². The Kier molecular flexibility index (Phi) is 4.96. The summed E-state index contributed by atoms with van der Waals surface area (Å²) in [5.41, 5.74) is 3.31. The Balaban J connectivity index is 2.13. The van der Waals surface area contributed by atoms with Gasteiger partial charge in [0.15, 0.2) is 0 Å². The highest BCUT2D eigenvalue weighted by atomic mass is 79.9. The summed E-state index contributed by atoms with van der Waals surface area (Å²) in [6, 6.07) is 10.3. The summed E-state index contributed by atoms with van der Waals surface area (Å²) < 4.78 is 14.3. The number of fused-ring (bicyclic) bond motifs is 1. The van der Waals surface area contributed by atoms with Crippen molar-refractivity contribution in [2.45, 2.75) is 26.8 Å². The number of nitrogens with zero attached hydrogens (tertiary/aromatic N) is 1.